The third-order valence-corrected chi connectivity index (χ3v) is 8.05. The highest BCUT2D eigenvalue weighted by atomic mass is 16.7. The lowest BCUT2D eigenvalue weighted by molar-refractivity contribution is -0.201. The van der Waals surface area contributed by atoms with Crippen molar-refractivity contribution in [3.05, 3.63) is 48.0 Å². The predicted molar refractivity (Wildman–Crippen MR) is 139 cm³/mol. The van der Waals surface area contributed by atoms with Crippen molar-refractivity contribution < 1.29 is 28.8 Å². The van der Waals surface area contributed by atoms with E-state index in [-0.39, 0.29) is 18.8 Å². The fourth-order valence-electron chi connectivity index (χ4n) is 6.04. The Labute approximate surface area is 216 Å². The van der Waals surface area contributed by atoms with Crippen LogP contribution in [0.5, 0.6) is 0 Å². The van der Waals surface area contributed by atoms with E-state index >= 15 is 0 Å². The number of aryl methyl sites for hydroxylation is 1. The van der Waals surface area contributed by atoms with Gasteiger partial charge in [0.15, 0.2) is 12.1 Å². The Morgan fingerprint density at radius 2 is 1.86 bits per heavy atom. The summed E-state index contributed by atoms with van der Waals surface area (Å²) >= 11 is 0. The highest BCUT2D eigenvalue weighted by Gasteiger charge is 2.42. The van der Waals surface area contributed by atoms with E-state index in [1.807, 2.05) is 0 Å². The number of aliphatic carboxylic acids is 1. The Morgan fingerprint density at radius 1 is 1.03 bits per heavy atom. The Hall–Kier alpha value is -1.73. The molecule has 2 aliphatic heterocycles. The van der Waals surface area contributed by atoms with Crippen LogP contribution in [0.1, 0.15) is 82.6 Å². The maximum absolute atomic E-state index is 10.7. The van der Waals surface area contributed by atoms with Crippen molar-refractivity contribution in [1.29, 1.82) is 0 Å². The van der Waals surface area contributed by atoms with Gasteiger partial charge in [-0.25, -0.2) is 0 Å². The Balaban J connectivity index is 1.35. The topological polar surface area (TPSA) is 74.2 Å². The first kappa shape index (κ1) is 27.3. The van der Waals surface area contributed by atoms with E-state index in [2.05, 4.69) is 42.5 Å². The average Bonchev–Trinajstić information content (AvgIpc) is 3.52. The number of hydrogen-bond donors (Lipinski definition) is 1. The molecule has 1 N–H and O–H groups in total. The third-order valence-electron chi connectivity index (χ3n) is 8.05. The van der Waals surface area contributed by atoms with Gasteiger partial charge in [-0.15, -0.1) is 0 Å². The molecular weight excluding hydrogens is 456 g/mol. The van der Waals surface area contributed by atoms with Crippen molar-refractivity contribution in [3.63, 3.8) is 0 Å². The van der Waals surface area contributed by atoms with E-state index in [0.717, 1.165) is 70.8 Å². The van der Waals surface area contributed by atoms with Crippen LogP contribution in [0, 0.1) is 11.8 Å². The molecule has 36 heavy (non-hydrogen) atoms. The highest BCUT2D eigenvalue weighted by Crippen LogP contribution is 2.43. The van der Waals surface area contributed by atoms with Crippen molar-refractivity contribution in [2.24, 2.45) is 11.8 Å². The van der Waals surface area contributed by atoms with Gasteiger partial charge in [-0.1, -0.05) is 42.5 Å². The molecule has 1 aromatic carbocycles. The zero-order valence-electron chi connectivity index (χ0n) is 21.7. The van der Waals surface area contributed by atoms with Gasteiger partial charge >= 0.3 is 5.97 Å². The van der Waals surface area contributed by atoms with Gasteiger partial charge in [0.05, 0.1) is 19.3 Å². The maximum atomic E-state index is 10.7. The molecule has 1 aromatic rings. The fourth-order valence-corrected chi connectivity index (χ4v) is 6.04. The molecule has 6 heteroatoms. The van der Waals surface area contributed by atoms with E-state index in [9.17, 15) is 4.79 Å². The summed E-state index contributed by atoms with van der Waals surface area (Å²) < 4.78 is 24.9. The lowest BCUT2D eigenvalue weighted by Gasteiger charge is -2.33. The second kappa shape index (κ2) is 14.3. The van der Waals surface area contributed by atoms with Gasteiger partial charge in [0, 0.05) is 25.9 Å². The Bertz CT molecular complexity index is 797. The first-order valence-corrected chi connectivity index (χ1v) is 14.1. The maximum Gasteiger partial charge on any atom is 0.303 e. The minimum Gasteiger partial charge on any atom is -0.481 e. The summed E-state index contributed by atoms with van der Waals surface area (Å²) in [4.78, 5) is 10.7. The average molecular weight is 501 g/mol. The summed E-state index contributed by atoms with van der Waals surface area (Å²) in [5.41, 5.74) is 1.32. The lowest BCUT2D eigenvalue weighted by Crippen LogP contribution is -2.35. The summed E-state index contributed by atoms with van der Waals surface area (Å²) in [6.45, 7) is 2.13. The van der Waals surface area contributed by atoms with E-state index in [1.165, 1.54) is 12.0 Å². The summed E-state index contributed by atoms with van der Waals surface area (Å²) in [6.07, 6.45) is 16.6. The molecule has 4 rings (SSSR count). The minimum atomic E-state index is -0.721. The second-order valence-electron chi connectivity index (χ2n) is 10.6. The largest absolute Gasteiger partial charge is 0.481 e. The van der Waals surface area contributed by atoms with Crippen LogP contribution in [0.4, 0.5) is 0 Å². The van der Waals surface area contributed by atoms with E-state index < -0.39 is 11.8 Å². The number of carboxylic acids is 1. The quantitative estimate of drug-likeness (QED) is 0.239. The van der Waals surface area contributed by atoms with Crippen molar-refractivity contribution >= 4 is 5.97 Å². The molecule has 6 nitrogen and oxygen atoms in total. The molecule has 0 aromatic heterocycles. The smallest absolute Gasteiger partial charge is 0.303 e. The third kappa shape index (κ3) is 8.41. The zero-order valence-corrected chi connectivity index (χ0v) is 21.7. The Kier molecular flexibility index (Phi) is 10.8. The zero-order chi connectivity index (χ0) is 25.1. The summed E-state index contributed by atoms with van der Waals surface area (Å²) in [5.74, 6) is -0.217. The molecule has 3 aliphatic rings. The molecule has 0 bridgehead atoms. The highest BCUT2D eigenvalue weighted by molar-refractivity contribution is 5.66. The molecule has 1 aliphatic carbocycles. The minimum absolute atomic E-state index is 0.0671. The number of carboxylic acid groups (broad SMARTS) is 1. The van der Waals surface area contributed by atoms with Crippen LogP contribution < -0.4 is 0 Å². The molecular formula is C30H44O6. The van der Waals surface area contributed by atoms with E-state index in [0.29, 0.717) is 31.5 Å². The van der Waals surface area contributed by atoms with Gasteiger partial charge in [0.2, 0.25) is 0 Å². The van der Waals surface area contributed by atoms with Gasteiger partial charge < -0.3 is 24.1 Å². The molecule has 1 saturated carbocycles. The molecule has 0 amide bonds. The molecule has 4 atom stereocenters. The predicted octanol–water partition coefficient (Wildman–Crippen LogP) is 6.28. The number of hydrogen-bond acceptors (Lipinski definition) is 5. The van der Waals surface area contributed by atoms with Crippen LogP contribution in [-0.4, -0.2) is 49.1 Å². The van der Waals surface area contributed by atoms with Crippen molar-refractivity contribution in [3.8, 4) is 0 Å². The van der Waals surface area contributed by atoms with Gasteiger partial charge in [0.1, 0.15) is 0 Å². The van der Waals surface area contributed by atoms with Gasteiger partial charge in [0.25, 0.3) is 0 Å². The van der Waals surface area contributed by atoms with Crippen molar-refractivity contribution in [1.82, 2.24) is 0 Å². The van der Waals surface area contributed by atoms with Gasteiger partial charge in [-0.3, -0.25) is 4.79 Å². The molecule has 3 fully saturated rings. The Morgan fingerprint density at radius 3 is 2.61 bits per heavy atom. The lowest BCUT2D eigenvalue weighted by atomic mass is 9.85. The molecule has 200 valence electrons. The standard InChI is InChI=1S/C30H44O6/c31-28(32)13-7-2-1-6-12-25-15-16-27(36-29-14-8-9-21-33-29)26(25)18-20-30(34-22-23-35-30)19-17-24-10-4-3-5-11-24/h1,3-6,10-11,25-27,29H,2,7-9,12-23H2,(H,31,32)/b6-1-/t25-,26+,27+,29?/m0/s1. The molecule has 0 spiro atoms. The molecule has 1 unspecified atom stereocenters. The molecule has 0 radical (unpaired) electrons. The van der Waals surface area contributed by atoms with Gasteiger partial charge in [-0.2, -0.15) is 0 Å². The number of unbranched alkanes of at least 4 members (excludes halogenated alkanes) is 1. The number of carbonyl (C=O) groups is 1. The second-order valence-corrected chi connectivity index (χ2v) is 10.6. The number of benzene rings is 1. The molecule has 2 saturated heterocycles. The van der Waals surface area contributed by atoms with Crippen LogP contribution >= 0.6 is 0 Å². The summed E-state index contributed by atoms with van der Waals surface area (Å²) in [6, 6.07) is 10.6. The normalized spacial score (nSPS) is 28.1. The fraction of sp³-hybridized carbons (Fsp3) is 0.700. The monoisotopic (exact) mass is 500 g/mol. The van der Waals surface area contributed by atoms with Crippen molar-refractivity contribution in [2.45, 2.75) is 102 Å². The van der Waals surface area contributed by atoms with Crippen molar-refractivity contribution in [2.75, 3.05) is 19.8 Å². The van der Waals surface area contributed by atoms with Crippen LogP contribution in [0.15, 0.2) is 42.5 Å². The van der Waals surface area contributed by atoms with E-state index in [1.54, 1.807) is 0 Å². The number of rotatable bonds is 14. The van der Waals surface area contributed by atoms with Crippen LogP contribution in [0.25, 0.3) is 0 Å². The van der Waals surface area contributed by atoms with Gasteiger partial charge in [-0.05, 0) is 81.6 Å². The first-order chi connectivity index (χ1) is 17.6. The van der Waals surface area contributed by atoms with Crippen LogP contribution in [-0.2, 0) is 30.2 Å². The van der Waals surface area contributed by atoms with Crippen LogP contribution in [0.3, 0.4) is 0 Å². The number of allylic oxidation sites excluding steroid dienone is 2. The first-order valence-electron chi connectivity index (χ1n) is 14.1. The molecule has 2 heterocycles. The summed E-state index contributed by atoms with van der Waals surface area (Å²) in [7, 11) is 0. The van der Waals surface area contributed by atoms with Crippen LogP contribution in [0.2, 0.25) is 0 Å². The number of ether oxygens (including phenoxy) is 4. The SMILES string of the molecule is O=C(O)CCC/C=C\C[C@H]1CC[C@@H](OC2CCCCO2)[C@@H]1CCC1(CCc2ccccc2)OCCO1. The van der Waals surface area contributed by atoms with E-state index in [4.69, 9.17) is 24.1 Å². The summed E-state index contributed by atoms with van der Waals surface area (Å²) in [5, 5.41) is 8.85.